The van der Waals surface area contributed by atoms with E-state index in [1.54, 1.807) is 24.3 Å². The zero-order valence-electron chi connectivity index (χ0n) is 21.1. The van der Waals surface area contributed by atoms with Crippen molar-refractivity contribution in [2.75, 3.05) is 10.5 Å². The molecule has 1 aliphatic carbocycles. The number of halogens is 1. The van der Waals surface area contributed by atoms with Crippen molar-refractivity contribution in [3.63, 3.8) is 0 Å². The maximum atomic E-state index is 15.3. The number of hydrogen-bond acceptors (Lipinski definition) is 7. The maximum absolute atomic E-state index is 15.3. The van der Waals surface area contributed by atoms with Crippen LogP contribution in [0.1, 0.15) is 31.7 Å². The molecule has 0 saturated heterocycles. The van der Waals surface area contributed by atoms with Gasteiger partial charge in [0.15, 0.2) is 11.0 Å². The summed E-state index contributed by atoms with van der Waals surface area (Å²) in [6, 6.07) is 14.3. The van der Waals surface area contributed by atoms with Crippen LogP contribution in [0.2, 0.25) is 0 Å². The van der Waals surface area contributed by atoms with E-state index < -0.39 is 26.6 Å². The van der Waals surface area contributed by atoms with E-state index in [9.17, 15) is 12.6 Å². The summed E-state index contributed by atoms with van der Waals surface area (Å²) < 4.78 is 59.0. The molecule has 40 heavy (non-hydrogen) atoms. The highest BCUT2D eigenvalue weighted by atomic mass is 32.2. The van der Waals surface area contributed by atoms with Gasteiger partial charge >= 0.3 is 0 Å². The van der Waals surface area contributed by atoms with Crippen LogP contribution in [0, 0.1) is 5.82 Å². The van der Waals surface area contributed by atoms with Crippen molar-refractivity contribution in [3.05, 3.63) is 78.3 Å². The quantitative estimate of drug-likeness (QED) is 0.264. The second kappa shape index (κ2) is 11.1. The lowest BCUT2D eigenvalue weighted by Gasteiger charge is -2.12. The fourth-order valence-electron chi connectivity index (χ4n) is 4.98. The number of fused-ring (bicyclic) bond motifs is 1. The molecule has 2 aromatic carbocycles. The predicted octanol–water partition coefficient (Wildman–Crippen LogP) is 5.14. The third-order valence-electron chi connectivity index (χ3n) is 6.94. The summed E-state index contributed by atoms with van der Waals surface area (Å²) in [6.45, 7) is 0. The SMILES string of the molecule is Nc1ncnc2c1c(-c1ccc(NS(=O)c3cc(S(=O)(=O)c4ccccc4)cs3)c(F)c1)cn2C1CCCC1.O. The zero-order valence-corrected chi connectivity index (χ0v) is 23.5. The lowest BCUT2D eigenvalue weighted by atomic mass is 10.1. The van der Waals surface area contributed by atoms with E-state index in [1.165, 1.54) is 42.0 Å². The molecule has 1 fully saturated rings. The largest absolute Gasteiger partial charge is 0.412 e. The van der Waals surface area contributed by atoms with Gasteiger partial charge in [-0.15, -0.1) is 11.3 Å². The summed E-state index contributed by atoms with van der Waals surface area (Å²) in [6.07, 6.45) is 7.80. The van der Waals surface area contributed by atoms with Gasteiger partial charge < -0.3 is 15.8 Å². The number of nitrogen functional groups attached to an aromatic ring is 1. The predicted molar refractivity (Wildman–Crippen MR) is 155 cm³/mol. The number of hydrogen-bond donors (Lipinski definition) is 2. The Bertz CT molecular complexity index is 1820. The first-order valence-corrected chi connectivity index (χ1v) is 15.8. The average molecular weight is 600 g/mol. The van der Waals surface area contributed by atoms with Crippen molar-refractivity contribution in [3.8, 4) is 11.1 Å². The Kier molecular flexibility index (Phi) is 7.73. The topological polar surface area (TPSA) is 151 Å². The van der Waals surface area contributed by atoms with Gasteiger partial charge in [-0.3, -0.25) is 4.72 Å². The van der Waals surface area contributed by atoms with Gasteiger partial charge in [0.2, 0.25) is 9.84 Å². The smallest absolute Gasteiger partial charge is 0.207 e. The van der Waals surface area contributed by atoms with Crippen LogP contribution in [-0.2, 0) is 20.8 Å². The van der Waals surface area contributed by atoms with Gasteiger partial charge in [-0.25, -0.2) is 27.0 Å². The van der Waals surface area contributed by atoms with Crippen molar-refractivity contribution >= 4 is 54.7 Å². The Labute approximate surface area is 236 Å². The lowest BCUT2D eigenvalue weighted by molar-refractivity contribution is 0.532. The first-order chi connectivity index (χ1) is 18.8. The molecule has 0 aliphatic heterocycles. The van der Waals surface area contributed by atoms with Gasteiger partial charge in [0.1, 0.15) is 27.8 Å². The van der Waals surface area contributed by atoms with E-state index in [2.05, 4.69) is 19.3 Å². The van der Waals surface area contributed by atoms with Crippen LogP contribution in [0.15, 0.2) is 86.5 Å². The molecule has 1 atom stereocenters. The number of sulfone groups is 1. The third kappa shape index (κ3) is 5.01. The van der Waals surface area contributed by atoms with Crippen LogP contribution in [0.3, 0.4) is 0 Å². The number of nitrogens with zero attached hydrogens (tertiary/aromatic N) is 3. The fourth-order valence-corrected chi connectivity index (χ4v) is 8.65. The lowest BCUT2D eigenvalue weighted by Crippen LogP contribution is -2.05. The van der Waals surface area contributed by atoms with Crippen molar-refractivity contribution in [2.24, 2.45) is 0 Å². The number of nitrogens with two attached hydrogens (primary N) is 1. The number of thiophene rings is 1. The number of nitrogens with one attached hydrogen (secondary N) is 1. The summed E-state index contributed by atoms with van der Waals surface area (Å²) in [7, 11) is -5.61. The molecule has 1 saturated carbocycles. The molecule has 1 unspecified atom stereocenters. The zero-order chi connectivity index (χ0) is 27.1. The van der Waals surface area contributed by atoms with Crippen LogP contribution in [0.25, 0.3) is 22.2 Å². The minimum absolute atomic E-state index is 0. The summed E-state index contributed by atoms with van der Waals surface area (Å²) in [4.78, 5) is 8.81. The molecule has 6 rings (SSSR count). The molecule has 5 N–H and O–H groups in total. The van der Waals surface area contributed by atoms with Gasteiger partial charge in [0.05, 0.1) is 20.9 Å². The van der Waals surface area contributed by atoms with Crippen molar-refractivity contribution in [1.82, 2.24) is 14.5 Å². The molecular weight excluding hydrogens is 574 g/mol. The molecule has 9 nitrogen and oxygen atoms in total. The second-order valence-corrected chi connectivity index (χ2v) is 13.6. The Morgan fingerprint density at radius 3 is 2.52 bits per heavy atom. The Morgan fingerprint density at radius 1 is 1.05 bits per heavy atom. The van der Waals surface area contributed by atoms with Gasteiger partial charge in [0, 0.05) is 23.2 Å². The summed E-state index contributed by atoms with van der Waals surface area (Å²) in [5.41, 5.74) is 8.31. The highest BCUT2D eigenvalue weighted by molar-refractivity contribution is 7.92. The Hall–Kier alpha value is -3.65. The third-order valence-corrected chi connectivity index (χ3v) is 11.2. The maximum Gasteiger partial charge on any atom is 0.207 e. The Balaban J connectivity index is 0.00000323. The van der Waals surface area contributed by atoms with Gasteiger partial charge in [-0.05, 0) is 48.7 Å². The molecule has 0 bridgehead atoms. The van der Waals surface area contributed by atoms with E-state index in [4.69, 9.17) is 5.73 Å². The number of rotatable bonds is 7. The standard InChI is InChI=1S/C27H24FN5O3S3.H2O/c28-22-12-17(21-14-33(18-6-4-5-7-18)27-25(21)26(29)30-16-31-27)10-11-23(22)32-38(34)24-13-20(15-37-24)39(35,36)19-8-2-1-3-9-19;/h1-3,8-16,18,32H,4-7H2,(H2,29,30,31);1H2. The minimum Gasteiger partial charge on any atom is -0.412 e. The van der Waals surface area contributed by atoms with Crippen LogP contribution < -0.4 is 10.5 Å². The van der Waals surface area contributed by atoms with Crippen LogP contribution in [0.5, 0.6) is 0 Å². The summed E-state index contributed by atoms with van der Waals surface area (Å²) in [5, 5.41) is 2.11. The van der Waals surface area contributed by atoms with Crippen LogP contribution in [0.4, 0.5) is 15.9 Å². The van der Waals surface area contributed by atoms with Crippen molar-refractivity contribution in [1.29, 1.82) is 0 Å². The van der Waals surface area contributed by atoms with Crippen molar-refractivity contribution in [2.45, 2.75) is 45.7 Å². The van der Waals surface area contributed by atoms with Gasteiger partial charge in [-0.1, -0.05) is 37.1 Å². The molecular formula is C27H26FN5O4S3. The molecule has 5 aromatic rings. The molecule has 13 heteroatoms. The molecule has 0 spiro atoms. The monoisotopic (exact) mass is 599 g/mol. The number of aromatic nitrogens is 3. The van der Waals surface area contributed by atoms with E-state index in [-0.39, 0.29) is 25.2 Å². The molecule has 0 amide bonds. The normalized spacial score (nSPS) is 14.7. The van der Waals surface area contributed by atoms with Gasteiger partial charge in [-0.2, -0.15) is 0 Å². The first-order valence-electron chi connectivity index (χ1n) is 12.3. The minimum atomic E-state index is -3.74. The van der Waals surface area contributed by atoms with Crippen molar-refractivity contribution < 1.29 is 22.5 Å². The summed E-state index contributed by atoms with van der Waals surface area (Å²) >= 11 is 1.03. The Morgan fingerprint density at radius 2 is 1.80 bits per heavy atom. The average Bonchev–Trinajstić information content (AvgIpc) is 3.70. The molecule has 3 aromatic heterocycles. The highest BCUT2D eigenvalue weighted by Gasteiger charge is 2.24. The molecule has 1 aliphatic rings. The van der Waals surface area contributed by atoms with Gasteiger partial charge in [0.25, 0.3) is 0 Å². The van der Waals surface area contributed by atoms with Crippen LogP contribution >= 0.6 is 11.3 Å². The molecule has 3 heterocycles. The van der Waals surface area contributed by atoms with E-state index in [0.717, 1.165) is 48.2 Å². The van der Waals surface area contributed by atoms with E-state index >= 15 is 4.39 Å². The molecule has 208 valence electrons. The number of benzene rings is 2. The summed E-state index contributed by atoms with van der Waals surface area (Å²) in [5.74, 6) is -0.277. The second-order valence-electron chi connectivity index (χ2n) is 9.33. The fraction of sp³-hybridized carbons (Fsp3) is 0.185. The molecule has 0 radical (unpaired) electrons. The first kappa shape index (κ1) is 27.9. The highest BCUT2D eigenvalue weighted by Crippen LogP contribution is 2.39. The number of anilines is 2. The van der Waals surface area contributed by atoms with E-state index in [0.29, 0.717) is 22.8 Å². The van der Waals surface area contributed by atoms with E-state index in [1.807, 2.05) is 6.20 Å². The van der Waals surface area contributed by atoms with Crippen LogP contribution in [-0.4, -0.2) is 32.6 Å².